The SMILES string of the molecule is O=c1[nH]n([C@@H]2O[C@H](CO)[C@@H](O)[C@H]2O)c(=O)c2nccnc12.[Na+]. The average molecular weight is 319 g/mol. The van der Waals surface area contributed by atoms with Crippen LogP contribution in [-0.2, 0) is 4.74 Å². The molecule has 2 aromatic heterocycles. The van der Waals surface area contributed by atoms with Crippen molar-refractivity contribution >= 4 is 11.0 Å². The summed E-state index contributed by atoms with van der Waals surface area (Å²) in [5.41, 5.74) is -1.73. The first-order chi connectivity index (χ1) is 10.0. The first-order valence-corrected chi connectivity index (χ1v) is 6.12. The van der Waals surface area contributed by atoms with Gasteiger partial charge in [0.2, 0.25) is 0 Å². The van der Waals surface area contributed by atoms with Crippen molar-refractivity contribution < 1.29 is 49.6 Å². The van der Waals surface area contributed by atoms with Crippen molar-refractivity contribution in [1.29, 1.82) is 0 Å². The van der Waals surface area contributed by atoms with Crippen LogP contribution in [0.4, 0.5) is 0 Å². The normalized spacial score (nSPS) is 27.8. The van der Waals surface area contributed by atoms with E-state index in [-0.39, 0.29) is 40.6 Å². The zero-order chi connectivity index (χ0) is 15.1. The maximum atomic E-state index is 12.3. The number of ether oxygens (including phenoxy) is 1. The van der Waals surface area contributed by atoms with Gasteiger partial charge in [0.25, 0.3) is 11.1 Å². The molecule has 10 nitrogen and oxygen atoms in total. The van der Waals surface area contributed by atoms with Gasteiger partial charge in [0.05, 0.1) is 6.61 Å². The standard InChI is InChI=1S/C11H12N4O6.Na/c16-3-4-7(17)8(18)11(21-4)15-10(20)6-5(9(19)14-15)12-1-2-13-6;/h1-2,4,7-8,11,16-18H,3H2,(H,14,19);/q;+1/t4-,7-,8-,11-;/m1./s1. The molecule has 0 amide bonds. The summed E-state index contributed by atoms with van der Waals surface area (Å²) in [6.45, 7) is -0.541. The Bertz CT molecular complexity index is 792. The Hall–Kier alpha value is -1.14. The Labute approximate surface area is 144 Å². The fourth-order valence-corrected chi connectivity index (χ4v) is 2.26. The first kappa shape index (κ1) is 17.2. The number of aliphatic hydroxyl groups excluding tert-OH is 3. The molecular formula is C11H12N4NaO6+. The molecule has 1 fully saturated rings. The van der Waals surface area contributed by atoms with Crippen LogP contribution >= 0.6 is 0 Å². The first-order valence-electron chi connectivity index (χ1n) is 6.12. The van der Waals surface area contributed by atoms with Gasteiger partial charge in [-0.2, -0.15) is 0 Å². The molecular weight excluding hydrogens is 307 g/mol. The molecule has 0 bridgehead atoms. The summed E-state index contributed by atoms with van der Waals surface area (Å²) in [6, 6.07) is 0. The van der Waals surface area contributed by atoms with Crippen LogP contribution in [0.1, 0.15) is 6.23 Å². The summed E-state index contributed by atoms with van der Waals surface area (Å²) in [7, 11) is 0. The van der Waals surface area contributed by atoms with E-state index in [1.165, 1.54) is 12.4 Å². The van der Waals surface area contributed by atoms with Crippen molar-refractivity contribution in [3.8, 4) is 0 Å². The van der Waals surface area contributed by atoms with Crippen molar-refractivity contribution in [3.63, 3.8) is 0 Å². The number of nitrogens with zero attached hydrogens (tertiary/aromatic N) is 3. The summed E-state index contributed by atoms with van der Waals surface area (Å²) in [5, 5.41) is 30.8. The van der Waals surface area contributed by atoms with Gasteiger partial charge in [0.15, 0.2) is 17.3 Å². The van der Waals surface area contributed by atoms with Crippen molar-refractivity contribution in [1.82, 2.24) is 19.7 Å². The number of aromatic nitrogens is 4. The van der Waals surface area contributed by atoms with Crippen molar-refractivity contribution in [2.45, 2.75) is 24.5 Å². The zero-order valence-corrected chi connectivity index (χ0v) is 13.6. The maximum absolute atomic E-state index is 12.3. The van der Waals surface area contributed by atoms with Crippen LogP contribution in [0, 0.1) is 0 Å². The second-order valence-electron chi connectivity index (χ2n) is 4.60. The fourth-order valence-electron chi connectivity index (χ4n) is 2.26. The largest absolute Gasteiger partial charge is 1.00 e. The third kappa shape index (κ3) is 2.63. The van der Waals surface area contributed by atoms with E-state index in [0.717, 1.165) is 4.68 Å². The zero-order valence-electron chi connectivity index (χ0n) is 11.6. The molecule has 112 valence electrons. The predicted octanol–water partition coefficient (Wildman–Crippen LogP) is -5.90. The van der Waals surface area contributed by atoms with E-state index in [0.29, 0.717) is 0 Å². The summed E-state index contributed by atoms with van der Waals surface area (Å²) < 4.78 is 5.94. The number of fused-ring (bicyclic) bond motifs is 1. The van der Waals surface area contributed by atoms with Crippen LogP contribution < -0.4 is 40.7 Å². The van der Waals surface area contributed by atoms with Crippen LogP contribution in [0.15, 0.2) is 22.0 Å². The van der Waals surface area contributed by atoms with Gasteiger partial charge in [-0.25, -0.2) is 14.6 Å². The molecule has 1 aliphatic heterocycles. The summed E-state index contributed by atoms with van der Waals surface area (Å²) >= 11 is 0. The third-order valence-electron chi connectivity index (χ3n) is 3.33. The second kappa shape index (κ2) is 6.54. The Morgan fingerprint density at radius 3 is 2.41 bits per heavy atom. The van der Waals surface area contributed by atoms with E-state index in [1.54, 1.807) is 0 Å². The van der Waals surface area contributed by atoms with E-state index in [1.807, 2.05) is 0 Å². The number of rotatable bonds is 2. The molecule has 22 heavy (non-hydrogen) atoms. The van der Waals surface area contributed by atoms with E-state index in [2.05, 4.69) is 15.1 Å². The van der Waals surface area contributed by atoms with E-state index in [4.69, 9.17) is 9.84 Å². The minimum Gasteiger partial charge on any atom is -0.394 e. The van der Waals surface area contributed by atoms with Gasteiger partial charge in [-0.3, -0.25) is 14.7 Å². The Morgan fingerprint density at radius 2 is 1.82 bits per heavy atom. The van der Waals surface area contributed by atoms with Gasteiger partial charge in [0.1, 0.15) is 18.3 Å². The second-order valence-corrected chi connectivity index (χ2v) is 4.60. The molecule has 2 aromatic rings. The minimum atomic E-state index is -1.48. The molecule has 4 N–H and O–H groups in total. The quantitative estimate of drug-likeness (QED) is 0.400. The fraction of sp³-hybridized carbons (Fsp3) is 0.455. The van der Waals surface area contributed by atoms with Crippen molar-refractivity contribution in [3.05, 3.63) is 33.1 Å². The maximum Gasteiger partial charge on any atom is 1.00 e. The molecule has 0 aromatic carbocycles. The minimum absolute atomic E-state index is 0. The molecule has 1 saturated heterocycles. The van der Waals surface area contributed by atoms with Crippen LogP contribution in [0.25, 0.3) is 11.0 Å². The summed E-state index contributed by atoms with van der Waals surface area (Å²) in [5.74, 6) is 0. The summed E-state index contributed by atoms with van der Waals surface area (Å²) in [4.78, 5) is 31.7. The number of hydrogen-bond donors (Lipinski definition) is 4. The molecule has 0 unspecified atom stereocenters. The van der Waals surface area contributed by atoms with E-state index < -0.39 is 42.3 Å². The predicted molar refractivity (Wildman–Crippen MR) is 67.4 cm³/mol. The number of hydrogen-bond acceptors (Lipinski definition) is 8. The topological polar surface area (TPSA) is 151 Å². The molecule has 0 spiro atoms. The molecule has 11 heteroatoms. The van der Waals surface area contributed by atoms with Crippen LogP contribution in [0.2, 0.25) is 0 Å². The molecule has 0 aliphatic carbocycles. The number of H-pyrrole nitrogens is 1. The smallest absolute Gasteiger partial charge is 0.394 e. The van der Waals surface area contributed by atoms with Gasteiger partial charge in [0, 0.05) is 12.4 Å². The van der Waals surface area contributed by atoms with E-state index in [9.17, 15) is 19.8 Å². The Balaban J connectivity index is 0.00000176. The van der Waals surface area contributed by atoms with Crippen LogP contribution in [0.3, 0.4) is 0 Å². The number of aliphatic hydroxyl groups is 3. The molecule has 4 atom stereocenters. The third-order valence-corrected chi connectivity index (χ3v) is 3.33. The van der Waals surface area contributed by atoms with Gasteiger partial charge in [-0.15, -0.1) is 0 Å². The van der Waals surface area contributed by atoms with Crippen LogP contribution in [0.5, 0.6) is 0 Å². The van der Waals surface area contributed by atoms with Gasteiger partial charge in [-0.05, 0) is 0 Å². The molecule has 0 radical (unpaired) electrons. The average Bonchev–Trinajstić information content (AvgIpc) is 2.79. The van der Waals surface area contributed by atoms with E-state index >= 15 is 0 Å². The van der Waals surface area contributed by atoms with Gasteiger partial charge >= 0.3 is 29.6 Å². The van der Waals surface area contributed by atoms with Gasteiger partial charge in [-0.1, -0.05) is 0 Å². The molecule has 3 rings (SSSR count). The molecule has 1 aliphatic rings. The molecule has 3 heterocycles. The van der Waals surface area contributed by atoms with Crippen molar-refractivity contribution in [2.24, 2.45) is 0 Å². The molecule has 0 saturated carbocycles. The van der Waals surface area contributed by atoms with Crippen LogP contribution in [-0.4, -0.2) is 60.0 Å². The summed E-state index contributed by atoms with van der Waals surface area (Å²) in [6.07, 6.45) is -2.72. The Kier molecular flexibility index (Phi) is 5.12. The number of aromatic amines is 1. The Morgan fingerprint density at radius 1 is 1.18 bits per heavy atom. The van der Waals surface area contributed by atoms with Gasteiger partial charge < -0.3 is 20.1 Å². The monoisotopic (exact) mass is 319 g/mol. The number of nitrogens with one attached hydrogen (secondary N) is 1. The van der Waals surface area contributed by atoms with Crippen molar-refractivity contribution in [2.75, 3.05) is 6.61 Å².